The highest BCUT2D eigenvalue weighted by molar-refractivity contribution is 5.93. The molecule has 1 aromatic heterocycles. The average molecular weight is 477 g/mol. The fourth-order valence-corrected chi connectivity index (χ4v) is 2.95. The quantitative estimate of drug-likeness (QED) is 0.286. The number of carbonyl (C=O) groups excluding carboxylic acids is 1. The Labute approximate surface area is 190 Å². The first-order chi connectivity index (χ1) is 16.0. The summed E-state index contributed by atoms with van der Waals surface area (Å²) in [6.07, 6.45) is 0. The van der Waals surface area contributed by atoms with Gasteiger partial charge in [-0.25, -0.2) is 9.78 Å². The van der Waals surface area contributed by atoms with Crippen molar-refractivity contribution >= 4 is 34.1 Å². The van der Waals surface area contributed by atoms with Crippen molar-refractivity contribution in [1.29, 1.82) is 0 Å². The third kappa shape index (κ3) is 5.57. The molecular formula is C19H19N5O10. The van der Waals surface area contributed by atoms with Gasteiger partial charge < -0.3 is 19.5 Å². The number of esters is 1. The molecule has 180 valence electrons. The molecule has 0 amide bonds. The molecule has 0 bridgehead atoms. The molecule has 0 aliphatic heterocycles. The normalized spacial score (nSPS) is 10.3. The Bertz CT molecular complexity index is 1230. The van der Waals surface area contributed by atoms with Crippen molar-refractivity contribution in [2.24, 2.45) is 0 Å². The van der Waals surface area contributed by atoms with Crippen LogP contribution in [0.5, 0.6) is 5.75 Å². The van der Waals surface area contributed by atoms with Crippen LogP contribution in [-0.4, -0.2) is 53.7 Å². The number of nitro groups is 3. The van der Waals surface area contributed by atoms with Gasteiger partial charge in [0.1, 0.15) is 5.82 Å². The van der Waals surface area contributed by atoms with E-state index >= 15 is 0 Å². The maximum absolute atomic E-state index is 11.6. The smallest absolute Gasteiger partial charge is 0.338 e. The number of aromatic hydroxyl groups is 1. The molecule has 0 radical (unpaired) electrons. The number of aryl methyl sites for hydroxylation is 1. The van der Waals surface area contributed by atoms with E-state index in [0.717, 1.165) is 16.9 Å². The van der Waals surface area contributed by atoms with Crippen molar-refractivity contribution in [1.82, 2.24) is 9.55 Å². The van der Waals surface area contributed by atoms with Crippen molar-refractivity contribution in [2.75, 3.05) is 13.2 Å². The van der Waals surface area contributed by atoms with E-state index in [2.05, 4.69) is 4.98 Å². The lowest BCUT2D eigenvalue weighted by Crippen LogP contribution is -2.05. The van der Waals surface area contributed by atoms with Crippen LogP contribution in [0.3, 0.4) is 0 Å². The van der Waals surface area contributed by atoms with Gasteiger partial charge in [0, 0.05) is 6.54 Å². The first-order valence-corrected chi connectivity index (χ1v) is 9.56. The van der Waals surface area contributed by atoms with E-state index in [-0.39, 0.29) is 12.6 Å². The fourth-order valence-electron chi connectivity index (χ4n) is 2.95. The average Bonchev–Trinajstić information content (AvgIpc) is 3.08. The molecule has 3 aromatic rings. The Hall–Kier alpha value is -4.66. The van der Waals surface area contributed by atoms with E-state index in [4.69, 9.17) is 14.9 Å². The van der Waals surface area contributed by atoms with Crippen LogP contribution in [0, 0.1) is 37.3 Å². The van der Waals surface area contributed by atoms with Crippen LogP contribution >= 0.6 is 0 Å². The van der Waals surface area contributed by atoms with Crippen LogP contribution in [0.1, 0.15) is 23.1 Å². The molecule has 0 saturated carbocycles. The molecule has 0 saturated heterocycles. The molecule has 0 spiro atoms. The van der Waals surface area contributed by atoms with Gasteiger partial charge in [-0.15, -0.1) is 0 Å². The lowest BCUT2D eigenvalue weighted by Gasteiger charge is -2.04. The first-order valence-electron chi connectivity index (χ1n) is 9.56. The van der Waals surface area contributed by atoms with Crippen molar-refractivity contribution < 1.29 is 34.5 Å². The number of rotatable bonds is 7. The molecule has 0 fully saturated rings. The number of phenolic OH excluding ortho intramolecular Hbond substituents is 1. The molecule has 34 heavy (non-hydrogen) atoms. The molecule has 2 N–H and O–H groups in total. The largest absolute Gasteiger partial charge is 0.497 e. The summed E-state index contributed by atoms with van der Waals surface area (Å²) >= 11 is 0. The SMILES string of the molecule is CCOC(=O)c1ccc2c(c1)nc(C)n2CCO.O=[N+]([O-])c1cc([N+](=O)[O-])c(O)c([N+](=O)[O-])c1. The Kier molecular flexibility index (Phi) is 8.11. The van der Waals surface area contributed by atoms with Crippen molar-refractivity contribution in [3.8, 4) is 5.75 Å². The topological polar surface area (TPSA) is 214 Å². The summed E-state index contributed by atoms with van der Waals surface area (Å²) in [5.74, 6) is -0.727. The number of hydrogen-bond acceptors (Lipinski definition) is 11. The van der Waals surface area contributed by atoms with Crippen LogP contribution < -0.4 is 0 Å². The number of nitrogens with zero attached hydrogens (tertiary/aromatic N) is 5. The highest BCUT2D eigenvalue weighted by Crippen LogP contribution is 2.38. The molecule has 0 atom stereocenters. The monoisotopic (exact) mass is 477 g/mol. The molecular weight excluding hydrogens is 458 g/mol. The third-order valence-electron chi connectivity index (χ3n) is 4.43. The molecule has 15 nitrogen and oxygen atoms in total. The second kappa shape index (κ2) is 10.8. The second-order valence-electron chi connectivity index (χ2n) is 6.56. The fraction of sp³-hybridized carbons (Fsp3) is 0.263. The number of aliphatic hydroxyl groups excluding tert-OH is 1. The number of aliphatic hydroxyl groups is 1. The van der Waals surface area contributed by atoms with Gasteiger partial charge in [-0.2, -0.15) is 0 Å². The van der Waals surface area contributed by atoms with E-state index < -0.39 is 37.6 Å². The van der Waals surface area contributed by atoms with Crippen molar-refractivity contribution in [3.05, 3.63) is 72.1 Å². The van der Waals surface area contributed by atoms with Gasteiger partial charge in [-0.05, 0) is 32.0 Å². The molecule has 1 heterocycles. The van der Waals surface area contributed by atoms with E-state index in [9.17, 15) is 35.1 Å². The first kappa shape index (κ1) is 25.6. The van der Waals surface area contributed by atoms with E-state index in [1.807, 2.05) is 17.6 Å². The lowest BCUT2D eigenvalue weighted by atomic mass is 10.2. The van der Waals surface area contributed by atoms with Crippen LogP contribution in [0.4, 0.5) is 17.1 Å². The van der Waals surface area contributed by atoms with Gasteiger partial charge in [0.25, 0.3) is 11.4 Å². The number of hydrogen-bond donors (Lipinski definition) is 2. The van der Waals surface area contributed by atoms with Crippen LogP contribution in [0.2, 0.25) is 0 Å². The minimum Gasteiger partial charge on any atom is -0.497 e. The molecule has 3 rings (SSSR count). The van der Waals surface area contributed by atoms with Crippen LogP contribution in [0.25, 0.3) is 11.0 Å². The number of imidazole rings is 1. The van der Waals surface area contributed by atoms with Gasteiger partial charge in [0.05, 0.1) is 56.7 Å². The molecule has 0 aliphatic rings. The summed E-state index contributed by atoms with van der Waals surface area (Å²) < 4.78 is 6.87. The number of benzene rings is 2. The molecule has 15 heteroatoms. The summed E-state index contributed by atoms with van der Waals surface area (Å²) in [6, 6.07) is 6.16. The van der Waals surface area contributed by atoms with E-state index in [0.29, 0.717) is 30.8 Å². The predicted molar refractivity (Wildman–Crippen MR) is 116 cm³/mol. The molecule has 0 aliphatic carbocycles. The summed E-state index contributed by atoms with van der Waals surface area (Å²) in [4.78, 5) is 43.8. The Morgan fingerprint density at radius 2 is 1.65 bits per heavy atom. The number of nitro benzene ring substituents is 3. The van der Waals surface area contributed by atoms with Gasteiger partial charge in [-0.3, -0.25) is 30.3 Å². The maximum Gasteiger partial charge on any atom is 0.338 e. The van der Waals surface area contributed by atoms with Crippen molar-refractivity contribution in [3.63, 3.8) is 0 Å². The highest BCUT2D eigenvalue weighted by Gasteiger charge is 2.30. The second-order valence-corrected chi connectivity index (χ2v) is 6.56. The van der Waals surface area contributed by atoms with Gasteiger partial charge >= 0.3 is 17.3 Å². The van der Waals surface area contributed by atoms with Crippen LogP contribution in [0.15, 0.2) is 30.3 Å². The summed E-state index contributed by atoms with van der Waals surface area (Å²) in [5, 5.41) is 49.2. The van der Waals surface area contributed by atoms with E-state index in [1.165, 1.54) is 0 Å². The predicted octanol–water partition coefficient (Wildman–Crippen LogP) is 2.63. The Morgan fingerprint density at radius 3 is 2.12 bits per heavy atom. The van der Waals surface area contributed by atoms with E-state index in [1.54, 1.807) is 19.1 Å². The number of phenols is 1. The van der Waals surface area contributed by atoms with Gasteiger partial charge in [-0.1, -0.05) is 0 Å². The summed E-state index contributed by atoms with van der Waals surface area (Å²) in [7, 11) is 0. The van der Waals surface area contributed by atoms with Crippen LogP contribution in [-0.2, 0) is 11.3 Å². The number of non-ortho nitro benzene ring substituents is 1. The number of carbonyl (C=O) groups is 1. The summed E-state index contributed by atoms with van der Waals surface area (Å²) in [5.41, 5.74) is -0.850. The Balaban J connectivity index is 0.000000242. The number of ether oxygens (including phenoxy) is 1. The number of aromatic nitrogens is 2. The lowest BCUT2D eigenvalue weighted by molar-refractivity contribution is -0.404. The number of fused-ring (bicyclic) bond motifs is 1. The Morgan fingerprint density at radius 1 is 1.06 bits per heavy atom. The van der Waals surface area contributed by atoms with Crippen molar-refractivity contribution in [2.45, 2.75) is 20.4 Å². The van der Waals surface area contributed by atoms with Gasteiger partial charge in [0.2, 0.25) is 0 Å². The maximum atomic E-state index is 11.6. The zero-order chi connectivity index (χ0) is 25.6. The molecule has 0 unspecified atom stereocenters. The molecule has 2 aromatic carbocycles. The summed E-state index contributed by atoms with van der Waals surface area (Å²) in [6.45, 7) is 4.57. The highest BCUT2D eigenvalue weighted by atomic mass is 16.6. The third-order valence-corrected chi connectivity index (χ3v) is 4.43. The minimum absolute atomic E-state index is 0.0614. The standard InChI is InChI=1S/C13H16N2O3.C6H3N3O7/c1-3-18-13(17)10-4-5-12-11(8-10)14-9(2)15(12)6-7-16;10-6-4(8(13)14)1-3(7(11)12)2-5(6)9(15)16/h4-5,8,16H,3,6-7H2,1-2H3;1-2,10H. The van der Waals surface area contributed by atoms with Gasteiger partial charge in [0.15, 0.2) is 0 Å². The zero-order valence-electron chi connectivity index (χ0n) is 17.9. The minimum atomic E-state index is -1.21. The zero-order valence-corrected chi connectivity index (χ0v) is 17.9.